The molecular weight excluding hydrogens is 290 g/mol. The summed E-state index contributed by atoms with van der Waals surface area (Å²) in [5, 5.41) is 12.7. The van der Waals surface area contributed by atoms with Crippen molar-refractivity contribution in [1.29, 1.82) is 0 Å². The number of Topliss-reactive ketones (excluding diaryl/α,β-unsaturated/α-hetero) is 1. The number of benzene rings is 1. The fraction of sp³-hybridized carbons (Fsp3) is 0.467. The average molecular weight is 311 g/mol. The Morgan fingerprint density at radius 2 is 1.95 bits per heavy atom. The van der Waals surface area contributed by atoms with Crippen molar-refractivity contribution in [2.45, 2.75) is 32.3 Å². The minimum absolute atomic E-state index is 0.208. The number of ketones is 1. The Morgan fingerprint density at radius 1 is 1.33 bits per heavy atom. The molecule has 0 saturated carbocycles. The third kappa shape index (κ3) is 6.55. The molecule has 21 heavy (non-hydrogen) atoms. The minimum Gasteiger partial charge on any atom is -0.497 e. The predicted octanol–water partition coefficient (Wildman–Crippen LogP) is 2.53. The van der Waals surface area contributed by atoms with Crippen LogP contribution in [0.3, 0.4) is 0 Å². The second-order valence-electron chi connectivity index (χ2n) is 5.08. The van der Waals surface area contributed by atoms with E-state index in [0.29, 0.717) is 13.0 Å². The van der Waals surface area contributed by atoms with E-state index in [1.165, 1.54) is 13.8 Å². The van der Waals surface area contributed by atoms with Crippen molar-refractivity contribution in [3.05, 3.63) is 24.3 Å². The maximum Gasteiger partial charge on any atom is 0.261 e. The number of ether oxygens (including phenoxy) is 2. The molecule has 116 valence electrons. The lowest BCUT2D eigenvalue weighted by molar-refractivity contribution is -0.134. The van der Waals surface area contributed by atoms with Gasteiger partial charge in [-0.3, -0.25) is 4.79 Å². The standard InChI is InChI=1S/C15H21NO4S/c1-15(2,18)13(17)5-4-10-20-14(21)16-11-6-8-12(19-3)9-7-11/h6-9,18H,4-5,10H2,1-3H3,(H,16,21). The molecule has 0 aliphatic carbocycles. The summed E-state index contributed by atoms with van der Waals surface area (Å²) in [4.78, 5) is 11.5. The molecule has 0 aliphatic rings. The van der Waals surface area contributed by atoms with Crippen LogP contribution in [-0.4, -0.2) is 35.4 Å². The number of rotatable bonds is 7. The summed E-state index contributed by atoms with van der Waals surface area (Å²) in [5.41, 5.74) is -0.490. The van der Waals surface area contributed by atoms with Crippen LogP contribution in [0.15, 0.2) is 24.3 Å². The number of aliphatic hydroxyl groups is 1. The molecule has 0 fully saturated rings. The van der Waals surface area contributed by atoms with Crippen LogP contribution in [-0.2, 0) is 9.53 Å². The van der Waals surface area contributed by atoms with Crippen LogP contribution in [0.1, 0.15) is 26.7 Å². The number of hydrogen-bond acceptors (Lipinski definition) is 5. The van der Waals surface area contributed by atoms with Gasteiger partial charge in [-0.15, -0.1) is 0 Å². The van der Waals surface area contributed by atoms with Crippen molar-refractivity contribution in [2.24, 2.45) is 0 Å². The van der Waals surface area contributed by atoms with Gasteiger partial charge in [0.05, 0.1) is 13.7 Å². The molecule has 0 radical (unpaired) electrons. The summed E-state index contributed by atoms with van der Waals surface area (Å²) >= 11 is 5.05. The first-order chi connectivity index (χ1) is 9.82. The van der Waals surface area contributed by atoms with Gasteiger partial charge in [0.25, 0.3) is 5.17 Å². The largest absolute Gasteiger partial charge is 0.497 e. The second-order valence-corrected chi connectivity index (χ2v) is 5.45. The number of carbonyl (C=O) groups is 1. The molecule has 0 atom stereocenters. The predicted molar refractivity (Wildman–Crippen MR) is 85.7 cm³/mol. The zero-order valence-corrected chi connectivity index (χ0v) is 13.3. The normalized spacial score (nSPS) is 10.9. The molecular formula is C15H21NO4S. The van der Waals surface area contributed by atoms with E-state index in [4.69, 9.17) is 21.7 Å². The molecule has 1 rings (SSSR count). The number of anilines is 1. The van der Waals surface area contributed by atoms with E-state index >= 15 is 0 Å². The van der Waals surface area contributed by atoms with Gasteiger partial charge in [0, 0.05) is 12.1 Å². The van der Waals surface area contributed by atoms with Crippen LogP contribution < -0.4 is 10.1 Å². The smallest absolute Gasteiger partial charge is 0.261 e. The highest BCUT2D eigenvalue weighted by molar-refractivity contribution is 7.80. The number of nitrogens with one attached hydrogen (secondary N) is 1. The van der Waals surface area contributed by atoms with Gasteiger partial charge in [0.2, 0.25) is 0 Å². The molecule has 1 aromatic carbocycles. The fourth-order valence-corrected chi connectivity index (χ4v) is 1.73. The van der Waals surface area contributed by atoms with Gasteiger partial charge in [0.1, 0.15) is 11.4 Å². The van der Waals surface area contributed by atoms with E-state index in [0.717, 1.165) is 11.4 Å². The quantitative estimate of drug-likeness (QED) is 0.596. The lowest BCUT2D eigenvalue weighted by Crippen LogP contribution is -2.31. The summed E-state index contributed by atoms with van der Waals surface area (Å²) in [7, 11) is 1.60. The van der Waals surface area contributed by atoms with Gasteiger partial charge >= 0.3 is 0 Å². The van der Waals surface area contributed by atoms with Crippen LogP contribution in [0.2, 0.25) is 0 Å². The molecule has 2 N–H and O–H groups in total. The van der Waals surface area contributed by atoms with E-state index in [2.05, 4.69) is 5.32 Å². The summed E-state index contributed by atoms with van der Waals surface area (Å²) in [6, 6.07) is 7.28. The van der Waals surface area contributed by atoms with E-state index < -0.39 is 5.60 Å². The highest BCUT2D eigenvalue weighted by Crippen LogP contribution is 2.15. The summed E-state index contributed by atoms with van der Waals surface area (Å²) in [6.07, 6.45) is 0.766. The molecule has 0 saturated heterocycles. The highest BCUT2D eigenvalue weighted by Gasteiger charge is 2.22. The lowest BCUT2D eigenvalue weighted by Gasteiger charge is -2.15. The monoisotopic (exact) mass is 311 g/mol. The fourth-order valence-electron chi connectivity index (χ4n) is 1.53. The van der Waals surface area contributed by atoms with E-state index in [1.807, 2.05) is 24.3 Å². The van der Waals surface area contributed by atoms with Gasteiger partial charge in [-0.2, -0.15) is 0 Å². The Kier molecular flexibility index (Phi) is 6.58. The van der Waals surface area contributed by atoms with Gasteiger partial charge in [0.15, 0.2) is 5.78 Å². The van der Waals surface area contributed by atoms with Gasteiger partial charge < -0.3 is 19.9 Å². The number of thiocarbonyl (C=S) groups is 1. The Balaban J connectivity index is 2.26. The van der Waals surface area contributed by atoms with Crippen molar-refractivity contribution in [3.8, 4) is 5.75 Å². The maximum absolute atomic E-state index is 11.5. The van der Waals surface area contributed by atoms with Crippen LogP contribution >= 0.6 is 12.2 Å². The summed E-state index contributed by atoms with van der Waals surface area (Å²) in [5.74, 6) is 0.553. The first-order valence-corrected chi connectivity index (χ1v) is 7.07. The van der Waals surface area contributed by atoms with Crippen LogP contribution in [0.5, 0.6) is 5.75 Å². The third-order valence-corrected chi connectivity index (χ3v) is 3.02. The minimum atomic E-state index is -1.29. The van der Waals surface area contributed by atoms with Gasteiger partial charge in [-0.25, -0.2) is 0 Å². The zero-order valence-electron chi connectivity index (χ0n) is 12.5. The Morgan fingerprint density at radius 3 is 2.48 bits per heavy atom. The molecule has 0 aromatic heterocycles. The number of hydrogen-bond donors (Lipinski definition) is 2. The van der Waals surface area contributed by atoms with E-state index in [9.17, 15) is 9.90 Å². The SMILES string of the molecule is COc1ccc(NC(=S)OCCCC(=O)C(C)(C)O)cc1. The van der Waals surface area contributed by atoms with E-state index in [1.54, 1.807) is 7.11 Å². The molecule has 0 unspecified atom stereocenters. The van der Waals surface area contributed by atoms with Gasteiger partial charge in [-0.1, -0.05) is 0 Å². The van der Waals surface area contributed by atoms with Crippen LogP contribution in [0.25, 0.3) is 0 Å². The summed E-state index contributed by atoms with van der Waals surface area (Å²) in [6.45, 7) is 3.28. The van der Waals surface area contributed by atoms with Crippen molar-refractivity contribution in [3.63, 3.8) is 0 Å². The van der Waals surface area contributed by atoms with Crippen molar-refractivity contribution in [1.82, 2.24) is 0 Å². The van der Waals surface area contributed by atoms with Gasteiger partial charge in [-0.05, 0) is 56.8 Å². The van der Waals surface area contributed by atoms with Crippen LogP contribution in [0, 0.1) is 0 Å². The first-order valence-electron chi connectivity index (χ1n) is 6.66. The Labute approximate surface area is 130 Å². The topological polar surface area (TPSA) is 67.8 Å². The van der Waals surface area contributed by atoms with Crippen molar-refractivity contribution >= 4 is 28.9 Å². The van der Waals surface area contributed by atoms with Crippen molar-refractivity contribution < 1.29 is 19.4 Å². The number of carbonyl (C=O) groups excluding carboxylic acids is 1. The maximum atomic E-state index is 11.5. The average Bonchev–Trinajstić information content (AvgIpc) is 2.43. The van der Waals surface area contributed by atoms with E-state index in [-0.39, 0.29) is 17.4 Å². The second kappa shape index (κ2) is 7.95. The Bertz CT molecular complexity index is 479. The molecule has 0 bridgehead atoms. The molecule has 1 aromatic rings. The summed E-state index contributed by atoms with van der Waals surface area (Å²) < 4.78 is 10.4. The molecule has 5 nitrogen and oxygen atoms in total. The van der Waals surface area contributed by atoms with Crippen molar-refractivity contribution in [2.75, 3.05) is 19.0 Å². The first kappa shape index (κ1) is 17.4. The molecule has 0 amide bonds. The zero-order chi connectivity index (χ0) is 15.9. The van der Waals surface area contributed by atoms with Crippen LogP contribution in [0.4, 0.5) is 5.69 Å². The Hall–Kier alpha value is -1.66. The molecule has 0 spiro atoms. The number of methoxy groups -OCH3 is 1. The lowest BCUT2D eigenvalue weighted by atomic mass is 10.0. The molecule has 0 aliphatic heterocycles. The molecule has 0 heterocycles. The third-order valence-electron chi connectivity index (χ3n) is 2.80. The molecule has 6 heteroatoms. The highest BCUT2D eigenvalue weighted by atomic mass is 32.1.